The van der Waals surface area contributed by atoms with Crippen molar-refractivity contribution >= 4 is 5.97 Å². The molecule has 0 aliphatic heterocycles. The van der Waals surface area contributed by atoms with Crippen molar-refractivity contribution in [2.75, 3.05) is 13.2 Å². The minimum absolute atomic E-state index is 0.0268. The quantitative estimate of drug-likeness (QED) is 0.115. The Morgan fingerprint density at radius 3 is 2.06 bits per heavy atom. The molecule has 0 aromatic heterocycles. The molecular formula is C29H39F3O4. The first-order valence-corrected chi connectivity index (χ1v) is 13.1. The van der Waals surface area contributed by atoms with Crippen LogP contribution in [0.4, 0.5) is 13.2 Å². The zero-order valence-corrected chi connectivity index (χ0v) is 21.4. The van der Waals surface area contributed by atoms with Crippen molar-refractivity contribution in [2.45, 2.75) is 90.4 Å². The Balaban J connectivity index is 1.73. The molecule has 2 aromatic carbocycles. The number of unbranched alkanes of at least 4 members (excludes halogenated alkanes) is 7. The maximum Gasteiger partial charge on any atom is 0.343 e. The third kappa shape index (κ3) is 10.9. The molecule has 2 aromatic rings. The summed E-state index contributed by atoms with van der Waals surface area (Å²) in [7, 11) is 0. The molecular weight excluding hydrogens is 469 g/mol. The van der Waals surface area contributed by atoms with Gasteiger partial charge < -0.3 is 14.2 Å². The smallest absolute Gasteiger partial charge is 0.343 e. The van der Waals surface area contributed by atoms with Crippen LogP contribution in [-0.2, 0) is 0 Å². The second-order valence-electron chi connectivity index (χ2n) is 8.96. The van der Waals surface area contributed by atoms with E-state index in [1.54, 1.807) is 31.2 Å². The third-order valence-electron chi connectivity index (χ3n) is 5.82. The maximum absolute atomic E-state index is 14.3. The van der Waals surface area contributed by atoms with E-state index >= 15 is 0 Å². The highest BCUT2D eigenvalue weighted by atomic mass is 19.2. The molecule has 0 heterocycles. The number of rotatable bonds is 18. The lowest BCUT2D eigenvalue weighted by molar-refractivity contribution is 0.0733. The second-order valence-corrected chi connectivity index (χ2v) is 8.96. The molecule has 7 heteroatoms. The lowest BCUT2D eigenvalue weighted by Crippen LogP contribution is -2.24. The summed E-state index contributed by atoms with van der Waals surface area (Å²) in [4.78, 5) is 12.4. The van der Waals surface area contributed by atoms with Crippen molar-refractivity contribution < 1.29 is 32.2 Å². The Hall–Kier alpha value is -2.70. The molecule has 0 unspecified atom stereocenters. The highest BCUT2D eigenvalue weighted by Gasteiger charge is 2.21. The van der Waals surface area contributed by atoms with Gasteiger partial charge in [-0.05, 0) is 55.3 Å². The van der Waals surface area contributed by atoms with Crippen LogP contribution < -0.4 is 14.2 Å². The molecule has 0 saturated heterocycles. The van der Waals surface area contributed by atoms with Crippen LogP contribution in [0.5, 0.6) is 17.2 Å². The maximum atomic E-state index is 14.3. The predicted molar refractivity (Wildman–Crippen MR) is 136 cm³/mol. The van der Waals surface area contributed by atoms with E-state index in [0.29, 0.717) is 24.5 Å². The van der Waals surface area contributed by atoms with Crippen LogP contribution in [0.1, 0.15) is 88.4 Å². The highest BCUT2D eigenvalue weighted by molar-refractivity contribution is 5.91. The van der Waals surface area contributed by atoms with Gasteiger partial charge in [0.15, 0.2) is 17.7 Å². The van der Waals surface area contributed by atoms with E-state index in [-0.39, 0.29) is 17.7 Å². The third-order valence-corrected chi connectivity index (χ3v) is 5.82. The van der Waals surface area contributed by atoms with Crippen molar-refractivity contribution in [3.63, 3.8) is 0 Å². The van der Waals surface area contributed by atoms with E-state index in [0.717, 1.165) is 18.9 Å². The van der Waals surface area contributed by atoms with Crippen LogP contribution in [0.3, 0.4) is 0 Å². The summed E-state index contributed by atoms with van der Waals surface area (Å²) in [5.41, 5.74) is -0.0268. The van der Waals surface area contributed by atoms with Gasteiger partial charge in [0, 0.05) is 0 Å². The summed E-state index contributed by atoms with van der Waals surface area (Å²) < 4.78 is 57.7. The van der Waals surface area contributed by atoms with Gasteiger partial charge >= 0.3 is 5.97 Å². The number of benzene rings is 2. The number of carbonyl (C=O) groups is 1. The molecule has 2 rings (SSSR count). The average Bonchev–Trinajstić information content (AvgIpc) is 2.87. The molecule has 0 N–H and O–H groups in total. The zero-order chi connectivity index (χ0) is 26.2. The lowest BCUT2D eigenvalue weighted by Gasteiger charge is -2.14. The Kier molecular flexibility index (Phi) is 13.8. The highest BCUT2D eigenvalue weighted by Crippen LogP contribution is 2.23. The number of esters is 1. The second kappa shape index (κ2) is 16.9. The van der Waals surface area contributed by atoms with Gasteiger partial charge in [-0.25, -0.2) is 18.0 Å². The topological polar surface area (TPSA) is 44.8 Å². The summed E-state index contributed by atoms with van der Waals surface area (Å²) in [6.07, 6.45) is 6.91. The molecule has 0 spiro atoms. The zero-order valence-electron chi connectivity index (χ0n) is 21.4. The van der Waals surface area contributed by atoms with Gasteiger partial charge in [-0.3, -0.25) is 0 Å². The molecule has 0 fully saturated rings. The van der Waals surface area contributed by atoms with Crippen LogP contribution in [-0.4, -0.2) is 31.5 Å². The van der Waals surface area contributed by atoms with Crippen LogP contribution >= 0.6 is 0 Å². The molecule has 200 valence electrons. The van der Waals surface area contributed by atoms with E-state index in [2.05, 4.69) is 6.92 Å². The fourth-order valence-electron chi connectivity index (χ4n) is 3.67. The molecule has 0 aliphatic rings. The van der Waals surface area contributed by atoms with Gasteiger partial charge in [0.25, 0.3) is 0 Å². The summed E-state index contributed by atoms with van der Waals surface area (Å²) >= 11 is 0. The number of alkyl halides is 2. The van der Waals surface area contributed by atoms with E-state index in [9.17, 15) is 18.0 Å². The summed E-state index contributed by atoms with van der Waals surface area (Å²) in [5, 5.41) is 0. The average molecular weight is 509 g/mol. The lowest BCUT2D eigenvalue weighted by atomic mass is 10.1. The van der Waals surface area contributed by atoms with E-state index in [1.807, 2.05) is 0 Å². The van der Waals surface area contributed by atoms with Crippen LogP contribution in [0.2, 0.25) is 0 Å². The molecule has 36 heavy (non-hydrogen) atoms. The number of halogens is 3. The molecule has 0 amide bonds. The van der Waals surface area contributed by atoms with Gasteiger partial charge in [0.05, 0.1) is 12.2 Å². The van der Waals surface area contributed by atoms with E-state index in [1.165, 1.54) is 50.7 Å². The minimum Gasteiger partial charge on any atom is -0.494 e. The molecule has 0 saturated carbocycles. The van der Waals surface area contributed by atoms with Crippen molar-refractivity contribution in [3.05, 3.63) is 53.8 Å². The first kappa shape index (κ1) is 29.5. The van der Waals surface area contributed by atoms with Crippen molar-refractivity contribution in [1.82, 2.24) is 0 Å². The van der Waals surface area contributed by atoms with Crippen molar-refractivity contribution in [3.8, 4) is 17.2 Å². The molecule has 0 bridgehead atoms. The van der Waals surface area contributed by atoms with Gasteiger partial charge in [-0.1, -0.05) is 65.2 Å². The molecule has 0 radical (unpaired) electrons. The van der Waals surface area contributed by atoms with Crippen molar-refractivity contribution in [2.24, 2.45) is 0 Å². The fourth-order valence-corrected chi connectivity index (χ4v) is 3.67. The largest absolute Gasteiger partial charge is 0.494 e. The van der Waals surface area contributed by atoms with E-state index in [4.69, 9.17) is 14.2 Å². The van der Waals surface area contributed by atoms with Crippen LogP contribution in [0, 0.1) is 5.82 Å². The molecule has 0 aliphatic carbocycles. The minimum atomic E-state index is -1.85. The van der Waals surface area contributed by atoms with Gasteiger partial charge in [-0.15, -0.1) is 0 Å². The van der Waals surface area contributed by atoms with Gasteiger partial charge in [0.2, 0.25) is 0 Å². The number of carbonyl (C=O) groups excluding carboxylic acids is 1. The predicted octanol–water partition coefficient (Wildman–Crippen LogP) is 8.42. The summed E-state index contributed by atoms with van der Waals surface area (Å²) in [6.45, 7) is 4.00. The first-order chi connectivity index (χ1) is 17.4. The normalized spacial score (nSPS) is 12.7. The number of hydrogen-bond donors (Lipinski definition) is 0. The number of hydrogen-bond acceptors (Lipinski definition) is 4. The first-order valence-electron chi connectivity index (χ1n) is 13.1. The van der Waals surface area contributed by atoms with Gasteiger partial charge in [0.1, 0.15) is 24.3 Å². The van der Waals surface area contributed by atoms with E-state index < -0.39 is 30.7 Å². The SMILES string of the molecule is CCCCCCCCCCOc1ccc(OC(=O)c2ccc(OC[C@H](F)[C@@H](F)CCC)c(F)c2)cc1. The summed E-state index contributed by atoms with van der Waals surface area (Å²) in [5.74, 6) is -0.873. The van der Waals surface area contributed by atoms with Crippen molar-refractivity contribution in [1.29, 1.82) is 0 Å². The molecule has 2 atom stereocenters. The Labute approximate surface area is 213 Å². The Bertz CT molecular complexity index is 889. The fraction of sp³-hybridized carbons (Fsp3) is 0.552. The van der Waals surface area contributed by atoms with Gasteiger partial charge in [-0.2, -0.15) is 0 Å². The van der Waals surface area contributed by atoms with Crippen LogP contribution in [0.25, 0.3) is 0 Å². The molecule has 4 nitrogen and oxygen atoms in total. The van der Waals surface area contributed by atoms with Crippen LogP contribution in [0.15, 0.2) is 42.5 Å². The Morgan fingerprint density at radius 1 is 0.778 bits per heavy atom. The standard InChI is InChI=1S/C29H39F3O4/c1-3-5-6-7-8-9-10-11-19-34-23-14-16-24(17-15-23)36-29(33)22-13-18-28(26(31)20-22)35-21-27(32)25(30)12-4-2/h13-18,20,25,27H,3-12,19,21H2,1-2H3/t25-,27-/m0/s1. The summed E-state index contributed by atoms with van der Waals surface area (Å²) in [6, 6.07) is 10.1. The Morgan fingerprint density at radius 2 is 1.42 bits per heavy atom. The number of ether oxygens (including phenoxy) is 3. The monoisotopic (exact) mass is 508 g/mol.